The molecule has 0 bridgehead atoms. The summed E-state index contributed by atoms with van der Waals surface area (Å²) < 4.78 is 16.1. The van der Waals surface area contributed by atoms with Gasteiger partial charge in [0.15, 0.2) is 7.14 Å². The minimum atomic E-state index is -3.28. The molecule has 0 saturated carbocycles. The smallest absolute Gasteiger partial charge is 0.172 e. The van der Waals surface area contributed by atoms with E-state index >= 15 is 4.57 Å². The van der Waals surface area contributed by atoms with Gasteiger partial charge >= 0.3 is 0 Å². The van der Waals surface area contributed by atoms with Crippen LogP contribution in [0.1, 0.15) is 16.7 Å². The van der Waals surface area contributed by atoms with Crippen LogP contribution < -0.4 is 10.6 Å². The Bertz CT molecular complexity index is 2140. The van der Waals surface area contributed by atoms with E-state index in [1.807, 2.05) is 42.5 Å². The molecular weight excluding hydrogens is 527 g/mol. The fraction of sp³-hybridized carbons (Fsp3) is 0. The average molecular weight is 555 g/mol. The maximum absolute atomic E-state index is 16.1. The van der Waals surface area contributed by atoms with Gasteiger partial charge in [0.05, 0.1) is 0 Å². The first-order chi connectivity index (χ1) is 20.8. The summed E-state index contributed by atoms with van der Waals surface area (Å²) >= 11 is 0. The zero-order chi connectivity index (χ0) is 28.1. The number of benzene rings is 7. The van der Waals surface area contributed by atoms with Crippen molar-refractivity contribution >= 4 is 50.2 Å². The zero-order valence-corrected chi connectivity index (χ0v) is 23.8. The second kappa shape index (κ2) is 9.84. The largest absolute Gasteiger partial charge is 0.309 e. The van der Waals surface area contributed by atoms with E-state index < -0.39 is 7.14 Å². The zero-order valence-electron chi connectivity index (χ0n) is 22.9. The maximum atomic E-state index is 16.1. The Balaban J connectivity index is 1.62. The molecule has 0 saturated heterocycles. The second-order valence-electron chi connectivity index (χ2n) is 10.8. The van der Waals surface area contributed by atoms with E-state index in [4.69, 9.17) is 0 Å². The summed E-state index contributed by atoms with van der Waals surface area (Å²) in [6, 6.07) is 56.8. The van der Waals surface area contributed by atoms with Gasteiger partial charge in [0.25, 0.3) is 0 Å². The molecule has 8 rings (SSSR count). The topological polar surface area (TPSA) is 17.1 Å². The number of rotatable bonds is 4. The predicted octanol–water partition coefficient (Wildman–Crippen LogP) is 9.90. The third-order valence-electron chi connectivity index (χ3n) is 8.48. The first kappa shape index (κ1) is 24.8. The SMILES string of the molecule is O=P1(c2ccccc2)C(c2c3ccccc3c(-c3ccccc3)c3ccccc23)=C(c2ccccc2)c2ccccc21. The molecule has 7 aromatic carbocycles. The van der Waals surface area contributed by atoms with Gasteiger partial charge in [-0.25, -0.2) is 0 Å². The van der Waals surface area contributed by atoms with Crippen LogP contribution in [-0.4, -0.2) is 0 Å². The first-order valence-electron chi connectivity index (χ1n) is 14.3. The summed E-state index contributed by atoms with van der Waals surface area (Å²) in [6.45, 7) is 0. The van der Waals surface area contributed by atoms with Crippen LogP contribution >= 0.6 is 7.14 Å². The van der Waals surface area contributed by atoms with Gasteiger partial charge in [0, 0.05) is 27.1 Å². The van der Waals surface area contributed by atoms with E-state index in [9.17, 15) is 0 Å². The molecule has 0 N–H and O–H groups in total. The summed E-state index contributed by atoms with van der Waals surface area (Å²) in [5, 5.41) is 7.24. The quantitative estimate of drug-likeness (QED) is 0.156. The molecule has 7 aromatic rings. The van der Waals surface area contributed by atoms with Crippen LogP contribution in [0.2, 0.25) is 0 Å². The predicted molar refractivity (Wildman–Crippen MR) is 179 cm³/mol. The minimum Gasteiger partial charge on any atom is -0.309 e. The van der Waals surface area contributed by atoms with Crippen molar-refractivity contribution in [2.24, 2.45) is 0 Å². The molecule has 0 spiro atoms. The molecule has 1 heterocycles. The normalized spacial score (nSPS) is 16.2. The van der Waals surface area contributed by atoms with E-state index in [1.165, 1.54) is 11.1 Å². The van der Waals surface area contributed by atoms with Gasteiger partial charge in [-0.3, -0.25) is 0 Å². The van der Waals surface area contributed by atoms with Gasteiger partial charge in [-0.05, 0) is 43.8 Å². The summed E-state index contributed by atoms with van der Waals surface area (Å²) in [4.78, 5) is 0. The first-order valence-corrected chi connectivity index (χ1v) is 16.0. The van der Waals surface area contributed by atoms with Gasteiger partial charge in [-0.1, -0.05) is 164 Å². The van der Waals surface area contributed by atoms with E-state index in [1.54, 1.807) is 0 Å². The van der Waals surface area contributed by atoms with Crippen molar-refractivity contribution in [1.29, 1.82) is 0 Å². The standard InChI is InChI=1S/C40H27OP/c41-42(30-20-8-3-9-21-30)36-27-15-14-26-35(36)38(29-18-6-2-7-19-29)40(42)39-33-24-12-10-22-31(33)37(28-16-4-1-5-17-28)32-23-11-13-25-34(32)39/h1-27H. The van der Waals surface area contributed by atoms with E-state index in [-0.39, 0.29) is 0 Å². The molecule has 198 valence electrons. The Morgan fingerprint density at radius 2 is 0.810 bits per heavy atom. The Morgan fingerprint density at radius 3 is 1.38 bits per heavy atom. The molecule has 42 heavy (non-hydrogen) atoms. The fourth-order valence-corrected chi connectivity index (χ4v) is 10.1. The van der Waals surface area contributed by atoms with Crippen molar-refractivity contribution in [3.8, 4) is 11.1 Å². The second-order valence-corrected chi connectivity index (χ2v) is 13.4. The molecule has 1 nitrogen and oxygen atoms in total. The molecule has 0 amide bonds. The van der Waals surface area contributed by atoms with Crippen molar-refractivity contribution in [2.75, 3.05) is 0 Å². The van der Waals surface area contributed by atoms with Gasteiger partial charge in [0.1, 0.15) is 0 Å². The van der Waals surface area contributed by atoms with Crippen molar-refractivity contribution < 1.29 is 4.57 Å². The molecule has 0 aliphatic carbocycles. The highest BCUT2D eigenvalue weighted by molar-refractivity contribution is 7.88. The number of hydrogen-bond donors (Lipinski definition) is 0. The third kappa shape index (κ3) is 3.61. The van der Waals surface area contributed by atoms with E-state index in [0.29, 0.717) is 0 Å². The Kier molecular flexibility index (Phi) is 5.81. The van der Waals surface area contributed by atoms with Crippen LogP contribution in [0, 0.1) is 0 Å². The lowest BCUT2D eigenvalue weighted by Gasteiger charge is -2.24. The molecular formula is C40H27OP. The summed E-state index contributed by atoms with van der Waals surface area (Å²) in [7, 11) is -3.28. The minimum absolute atomic E-state index is 0.860. The molecule has 1 aliphatic rings. The molecule has 0 radical (unpaired) electrons. The fourth-order valence-electron chi connectivity index (χ4n) is 6.75. The van der Waals surface area contributed by atoms with Gasteiger partial charge in [0.2, 0.25) is 0 Å². The van der Waals surface area contributed by atoms with Crippen LogP contribution in [0.3, 0.4) is 0 Å². The maximum Gasteiger partial charge on any atom is 0.172 e. The van der Waals surface area contributed by atoms with E-state index in [2.05, 4.69) is 121 Å². The van der Waals surface area contributed by atoms with Gasteiger partial charge in [-0.15, -0.1) is 0 Å². The monoisotopic (exact) mass is 554 g/mol. The van der Waals surface area contributed by atoms with Crippen molar-refractivity contribution in [3.63, 3.8) is 0 Å². The highest BCUT2D eigenvalue weighted by Gasteiger charge is 2.44. The Morgan fingerprint density at radius 1 is 0.381 bits per heavy atom. The van der Waals surface area contributed by atoms with Gasteiger partial charge in [-0.2, -0.15) is 0 Å². The molecule has 0 fully saturated rings. The summed E-state index contributed by atoms with van der Waals surface area (Å²) in [5.74, 6) is 0. The lowest BCUT2D eigenvalue weighted by Crippen LogP contribution is -2.15. The average Bonchev–Trinajstić information content (AvgIpc) is 3.33. The molecule has 2 heteroatoms. The lowest BCUT2D eigenvalue weighted by atomic mass is 9.86. The van der Waals surface area contributed by atoms with Crippen LogP contribution in [0.15, 0.2) is 164 Å². The number of fused-ring (bicyclic) bond motifs is 3. The van der Waals surface area contributed by atoms with Crippen molar-refractivity contribution in [1.82, 2.24) is 0 Å². The molecule has 0 aromatic heterocycles. The highest BCUT2D eigenvalue weighted by Crippen LogP contribution is 2.67. The molecule has 1 unspecified atom stereocenters. The van der Waals surface area contributed by atoms with E-state index in [0.717, 1.165) is 59.7 Å². The van der Waals surface area contributed by atoms with Crippen LogP contribution in [0.25, 0.3) is 43.6 Å². The molecule has 1 aliphatic heterocycles. The van der Waals surface area contributed by atoms with Crippen LogP contribution in [-0.2, 0) is 4.57 Å². The van der Waals surface area contributed by atoms with Crippen LogP contribution in [0.4, 0.5) is 0 Å². The summed E-state index contributed by atoms with van der Waals surface area (Å²) in [6.07, 6.45) is 0. The third-order valence-corrected chi connectivity index (χ3v) is 11.6. The number of hydrogen-bond acceptors (Lipinski definition) is 1. The Hall–Kier alpha value is -4.97. The summed E-state index contributed by atoms with van der Waals surface area (Å²) in [5.41, 5.74) is 6.62. The lowest BCUT2D eigenvalue weighted by molar-refractivity contribution is 0.593. The van der Waals surface area contributed by atoms with Crippen molar-refractivity contribution in [3.05, 3.63) is 180 Å². The van der Waals surface area contributed by atoms with Crippen LogP contribution in [0.5, 0.6) is 0 Å². The van der Waals surface area contributed by atoms with Crippen molar-refractivity contribution in [2.45, 2.75) is 0 Å². The Labute approximate surface area is 245 Å². The van der Waals surface area contributed by atoms with Gasteiger partial charge < -0.3 is 4.57 Å². The molecule has 1 atom stereocenters. The highest BCUT2D eigenvalue weighted by atomic mass is 31.2.